The standard InChI is InChI=1S/C16H19N3O/c1-2-4-12(5-3-1)16(9-10-16)15-19-18-14(20-15)8-11-17-13-6-7-13/h1-5,13,17H,6-11H2. The summed E-state index contributed by atoms with van der Waals surface area (Å²) in [6.07, 6.45) is 5.67. The van der Waals surface area contributed by atoms with Crippen LogP contribution in [0.25, 0.3) is 0 Å². The Bertz CT molecular complexity index is 585. The highest BCUT2D eigenvalue weighted by Crippen LogP contribution is 2.52. The SMILES string of the molecule is c1ccc(C2(c3nnc(CCNC4CC4)o3)CC2)cc1. The van der Waals surface area contributed by atoms with E-state index in [4.69, 9.17) is 4.42 Å². The average molecular weight is 269 g/mol. The summed E-state index contributed by atoms with van der Waals surface area (Å²) in [5.41, 5.74) is 1.29. The van der Waals surface area contributed by atoms with Gasteiger partial charge in [0.15, 0.2) is 0 Å². The highest BCUT2D eigenvalue weighted by atomic mass is 16.4. The molecule has 0 radical (unpaired) electrons. The summed E-state index contributed by atoms with van der Waals surface area (Å²) in [5, 5.41) is 12.0. The molecule has 104 valence electrons. The number of aromatic nitrogens is 2. The molecule has 0 spiro atoms. The molecule has 2 aromatic rings. The summed E-state index contributed by atoms with van der Waals surface area (Å²) in [7, 11) is 0. The van der Waals surface area contributed by atoms with E-state index in [1.807, 2.05) is 6.07 Å². The maximum Gasteiger partial charge on any atom is 0.227 e. The molecule has 1 aromatic carbocycles. The van der Waals surface area contributed by atoms with Gasteiger partial charge in [-0.3, -0.25) is 0 Å². The zero-order valence-electron chi connectivity index (χ0n) is 11.5. The molecule has 0 aliphatic heterocycles. The Labute approximate surface area is 118 Å². The maximum absolute atomic E-state index is 5.91. The van der Waals surface area contributed by atoms with Crippen LogP contribution in [0.3, 0.4) is 0 Å². The summed E-state index contributed by atoms with van der Waals surface area (Å²) in [6, 6.07) is 11.2. The van der Waals surface area contributed by atoms with Crippen molar-refractivity contribution in [3.8, 4) is 0 Å². The van der Waals surface area contributed by atoms with Gasteiger partial charge in [0.2, 0.25) is 11.8 Å². The van der Waals surface area contributed by atoms with Gasteiger partial charge < -0.3 is 9.73 Å². The van der Waals surface area contributed by atoms with Gasteiger partial charge in [-0.15, -0.1) is 10.2 Å². The molecule has 4 heteroatoms. The minimum absolute atomic E-state index is 0.00354. The van der Waals surface area contributed by atoms with Crippen LogP contribution in [-0.2, 0) is 11.8 Å². The lowest BCUT2D eigenvalue weighted by atomic mass is 9.96. The van der Waals surface area contributed by atoms with Crippen molar-refractivity contribution in [3.63, 3.8) is 0 Å². The van der Waals surface area contributed by atoms with Crippen LogP contribution in [0.1, 0.15) is 43.0 Å². The maximum atomic E-state index is 5.91. The first-order valence-corrected chi connectivity index (χ1v) is 7.49. The molecule has 0 unspecified atom stereocenters. The van der Waals surface area contributed by atoms with Crippen LogP contribution in [0.15, 0.2) is 34.7 Å². The number of nitrogens with one attached hydrogen (secondary N) is 1. The molecule has 2 saturated carbocycles. The minimum atomic E-state index is -0.00354. The Balaban J connectivity index is 1.47. The smallest absolute Gasteiger partial charge is 0.227 e. The number of rotatable bonds is 6. The van der Waals surface area contributed by atoms with E-state index < -0.39 is 0 Å². The molecule has 2 aliphatic rings. The molecule has 20 heavy (non-hydrogen) atoms. The van der Waals surface area contributed by atoms with Crippen LogP contribution in [0, 0.1) is 0 Å². The van der Waals surface area contributed by atoms with E-state index in [0.29, 0.717) is 0 Å². The number of nitrogens with zero attached hydrogens (tertiary/aromatic N) is 2. The van der Waals surface area contributed by atoms with Gasteiger partial charge in [-0.05, 0) is 31.2 Å². The van der Waals surface area contributed by atoms with Gasteiger partial charge in [0.05, 0.1) is 5.41 Å². The van der Waals surface area contributed by atoms with Crippen LogP contribution >= 0.6 is 0 Å². The van der Waals surface area contributed by atoms with E-state index in [0.717, 1.165) is 43.6 Å². The molecule has 0 atom stereocenters. The first-order valence-electron chi connectivity index (χ1n) is 7.49. The van der Waals surface area contributed by atoms with E-state index in [-0.39, 0.29) is 5.41 Å². The Morgan fingerprint density at radius 3 is 2.65 bits per heavy atom. The lowest BCUT2D eigenvalue weighted by Gasteiger charge is -2.10. The Morgan fingerprint density at radius 2 is 1.95 bits per heavy atom. The molecular formula is C16H19N3O. The van der Waals surface area contributed by atoms with E-state index in [9.17, 15) is 0 Å². The van der Waals surface area contributed by atoms with Gasteiger partial charge in [0, 0.05) is 19.0 Å². The van der Waals surface area contributed by atoms with Crippen molar-refractivity contribution in [2.24, 2.45) is 0 Å². The van der Waals surface area contributed by atoms with Gasteiger partial charge in [0.1, 0.15) is 0 Å². The van der Waals surface area contributed by atoms with Crippen LogP contribution in [-0.4, -0.2) is 22.8 Å². The van der Waals surface area contributed by atoms with Gasteiger partial charge in [-0.1, -0.05) is 30.3 Å². The number of benzene rings is 1. The number of hydrogen-bond donors (Lipinski definition) is 1. The molecule has 2 fully saturated rings. The molecular weight excluding hydrogens is 250 g/mol. The summed E-state index contributed by atoms with van der Waals surface area (Å²) < 4.78 is 5.91. The third-order valence-electron chi connectivity index (χ3n) is 4.30. The summed E-state index contributed by atoms with van der Waals surface area (Å²) in [6.45, 7) is 0.935. The molecule has 0 saturated heterocycles. The highest BCUT2D eigenvalue weighted by molar-refractivity contribution is 5.37. The first-order chi connectivity index (χ1) is 9.87. The quantitative estimate of drug-likeness (QED) is 0.875. The zero-order chi connectivity index (χ0) is 13.4. The second kappa shape index (κ2) is 4.70. The van der Waals surface area contributed by atoms with Crippen molar-refractivity contribution in [2.45, 2.75) is 43.6 Å². The fourth-order valence-corrected chi connectivity index (χ4v) is 2.73. The molecule has 4 nitrogen and oxygen atoms in total. The average Bonchev–Trinajstić information content (AvgIpc) is 3.41. The second-order valence-corrected chi connectivity index (χ2v) is 5.93. The van der Waals surface area contributed by atoms with Crippen molar-refractivity contribution in [2.75, 3.05) is 6.54 Å². The molecule has 1 N–H and O–H groups in total. The Kier molecular flexibility index (Phi) is 2.84. The fourth-order valence-electron chi connectivity index (χ4n) is 2.73. The predicted octanol–water partition coefficient (Wildman–Crippen LogP) is 2.44. The highest BCUT2D eigenvalue weighted by Gasteiger charge is 2.50. The van der Waals surface area contributed by atoms with E-state index in [1.165, 1.54) is 18.4 Å². The molecule has 1 aromatic heterocycles. The van der Waals surface area contributed by atoms with Crippen molar-refractivity contribution >= 4 is 0 Å². The Morgan fingerprint density at radius 1 is 1.15 bits per heavy atom. The third kappa shape index (κ3) is 2.24. The van der Waals surface area contributed by atoms with Crippen LogP contribution < -0.4 is 5.32 Å². The number of hydrogen-bond acceptors (Lipinski definition) is 4. The molecule has 2 aliphatic carbocycles. The van der Waals surface area contributed by atoms with E-state index >= 15 is 0 Å². The van der Waals surface area contributed by atoms with Crippen molar-refractivity contribution < 1.29 is 4.42 Å². The third-order valence-corrected chi connectivity index (χ3v) is 4.30. The molecule has 1 heterocycles. The van der Waals surface area contributed by atoms with E-state index in [1.54, 1.807) is 0 Å². The topological polar surface area (TPSA) is 51.0 Å². The predicted molar refractivity (Wildman–Crippen MR) is 75.5 cm³/mol. The minimum Gasteiger partial charge on any atom is -0.424 e. The van der Waals surface area contributed by atoms with Crippen molar-refractivity contribution in [3.05, 3.63) is 47.7 Å². The zero-order valence-corrected chi connectivity index (χ0v) is 11.5. The second-order valence-electron chi connectivity index (χ2n) is 5.93. The lowest BCUT2D eigenvalue weighted by molar-refractivity contribution is 0.421. The summed E-state index contributed by atoms with van der Waals surface area (Å²) >= 11 is 0. The normalized spacial score (nSPS) is 20.0. The lowest BCUT2D eigenvalue weighted by Crippen LogP contribution is -2.19. The molecule has 0 bridgehead atoms. The molecule has 0 amide bonds. The van der Waals surface area contributed by atoms with Crippen LogP contribution in [0.5, 0.6) is 0 Å². The first kappa shape index (κ1) is 12.1. The largest absolute Gasteiger partial charge is 0.424 e. The summed E-state index contributed by atoms with van der Waals surface area (Å²) in [5.74, 6) is 1.56. The van der Waals surface area contributed by atoms with Crippen molar-refractivity contribution in [1.82, 2.24) is 15.5 Å². The van der Waals surface area contributed by atoms with Gasteiger partial charge in [0.25, 0.3) is 0 Å². The monoisotopic (exact) mass is 269 g/mol. The van der Waals surface area contributed by atoms with Gasteiger partial charge in [-0.2, -0.15) is 0 Å². The summed E-state index contributed by atoms with van der Waals surface area (Å²) in [4.78, 5) is 0. The fraction of sp³-hybridized carbons (Fsp3) is 0.500. The van der Waals surface area contributed by atoms with Gasteiger partial charge >= 0.3 is 0 Å². The van der Waals surface area contributed by atoms with Crippen LogP contribution in [0.4, 0.5) is 0 Å². The van der Waals surface area contributed by atoms with Crippen LogP contribution in [0.2, 0.25) is 0 Å². The van der Waals surface area contributed by atoms with E-state index in [2.05, 4.69) is 39.8 Å². The Hall–Kier alpha value is -1.68. The van der Waals surface area contributed by atoms with Gasteiger partial charge in [-0.25, -0.2) is 0 Å². The molecule has 4 rings (SSSR count). The van der Waals surface area contributed by atoms with Crippen molar-refractivity contribution in [1.29, 1.82) is 0 Å².